The fourth-order valence-corrected chi connectivity index (χ4v) is 3.33. The molecule has 0 heterocycles. The van der Waals surface area contributed by atoms with Gasteiger partial charge in [-0.2, -0.15) is 0 Å². The number of hydrogen-bond donors (Lipinski definition) is 1. The molecule has 0 saturated carbocycles. The summed E-state index contributed by atoms with van der Waals surface area (Å²) in [6.07, 6.45) is 0.630. The summed E-state index contributed by atoms with van der Waals surface area (Å²) in [4.78, 5) is 27.3. The second-order valence-electron chi connectivity index (χ2n) is 6.20. The number of nitrogens with zero attached hydrogens (tertiary/aromatic N) is 1. The molecule has 0 aromatic heterocycles. The van der Waals surface area contributed by atoms with Crippen LogP contribution in [-0.2, 0) is 22.6 Å². The number of amides is 2. The van der Waals surface area contributed by atoms with Gasteiger partial charge in [0.1, 0.15) is 6.04 Å². The molecule has 4 nitrogen and oxygen atoms in total. The molecule has 2 rings (SSSR count). The molecule has 2 aromatic carbocycles. The van der Waals surface area contributed by atoms with Gasteiger partial charge in [-0.1, -0.05) is 66.5 Å². The lowest BCUT2D eigenvalue weighted by atomic mass is 10.1. The van der Waals surface area contributed by atoms with Crippen LogP contribution in [0.4, 0.5) is 0 Å². The summed E-state index contributed by atoms with van der Waals surface area (Å²) >= 11 is 12.5. The molecule has 1 atom stereocenters. The zero-order valence-corrected chi connectivity index (χ0v) is 17.1. The molecule has 0 bridgehead atoms. The third kappa shape index (κ3) is 5.72. The maximum atomic E-state index is 13.1. The van der Waals surface area contributed by atoms with Gasteiger partial charge in [-0.15, -0.1) is 0 Å². The van der Waals surface area contributed by atoms with Crippen LogP contribution in [0.3, 0.4) is 0 Å². The fourth-order valence-electron chi connectivity index (χ4n) is 2.93. The summed E-state index contributed by atoms with van der Waals surface area (Å²) in [7, 11) is 0. The van der Waals surface area contributed by atoms with Crippen LogP contribution in [0, 0.1) is 0 Å². The van der Waals surface area contributed by atoms with Crippen molar-refractivity contribution in [2.24, 2.45) is 0 Å². The van der Waals surface area contributed by atoms with Gasteiger partial charge in [0.2, 0.25) is 11.8 Å². The van der Waals surface area contributed by atoms with E-state index in [-0.39, 0.29) is 24.8 Å². The van der Waals surface area contributed by atoms with E-state index in [1.54, 1.807) is 17.0 Å². The first kappa shape index (κ1) is 21.3. The van der Waals surface area contributed by atoms with Gasteiger partial charge in [0.05, 0.1) is 6.42 Å². The molecule has 0 fully saturated rings. The number of likely N-dealkylation sites (N-methyl/N-ethyl adjacent to an activating group) is 1. The van der Waals surface area contributed by atoms with Crippen molar-refractivity contribution in [1.82, 2.24) is 10.2 Å². The van der Waals surface area contributed by atoms with Crippen LogP contribution in [0.2, 0.25) is 10.0 Å². The summed E-state index contributed by atoms with van der Waals surface area (Å²) < 4.78 is 0. The Morgan fingerprint density at radius 1 is 0.963 bits per heavy atom. The van der Waals surface area contributed by atoms with Crippen LogP contribution in [0.1, 0.15) is 31.4 Å². The number of rotatable bonds is 8. The predicted molar refractivity (Wildman–Crippen MR) is 110 cm³/mol. The van der Waals surface area contributed by atoms with Crippen LogP contribution in [0.15, 0.2) is 48.5 Å². The Morgan fingerprint density at radius 2 is 1.52 bits per heavy atom. The average molecular weight is 407 g/mol. The Labute approximate surface area is 170 Å². The van der Waals surface area contributed by atoms with Gasteiger partial charge in [-0.25, -0.2) is 0 Å². The molecule has 0 aliphatic rings. The molecular weight excluding hydrogens is 383 g/mol. The van der Waals surface area contributed by atoms with Gasteiger partial charge in [-0.3, -0.25) is 9.59 Å². The quantitative estimate of drug-likeness (QED) is 0.702. The van der Waals surface area contributed by atoms with E-state index < -0.39 is 6.04 Å². The summed E-state index contributed by atoms with van der Waals surface area (Å²) in [5, 5.41) is 3.92. The number of nitrogens with one attached hydrogen (secondary N) is 1. The molecule has 0 radical (unpaired) electrons. The van der Waals surface area contributed by atoms with Crippen LogP contribution < -0.4 is 5.32 Å². The molecular formula is C21H24Cl2N2O2. The van der Waals surface area contributed by atoms with Crippen LogP contribution in [-0.4, -0.2) is 29.3 Å². The first-order valence-electron chi connectivity index (χ1n) is 9.01. The average Bonchev–Trinajstić information content (AvgIpc) is 2.65. The predicted octanol–water partition coefficient (Wildman–Crippen LogP) is 4.48. The first-order valence-corrected chi connectivity index (χ1v) is 9.77. The van der Waals surface area contributed by atoms with E-state index in [1.165, 1.54) is 0 Å². The van der Waals surface area contributed by atoms with Crippen molar-refractivity contribution in [1.29, 1.82) is 0 Å². The molecule has 0 aliphatic carbocycles. The molecule has 0 spiro atoms. The summed E-state index contributed by atoms with van der Waals surface area (Å²) in [6.45, 7) is 4.52. The van der Waals surface area contributed by atoms with Gasteiger partial charge in [0.15, 0.2) is 0 Å². The van der Waals surface area contributed by atoms with Crippen molar-refractivity contribution in [2.45, 2.75) is 39.3 Å². The molecule has 1 N–H and O–H groups in total. The third-order valence-electron chi connectivity index (χ3n) is 4.33. The zero-order valence-electron chi connectivity index (χ0n) is 15.5. The summed E-state index contributed by atoms with van der Waals surface area (Å²) in [5.74, 6) is -0.333. The van der Waals surface area contributed by atoms with Crippen molar-refractivity contribution in [3.63, 3.8) is 0 Å². The standard InChI is InChI=1S/C21H24Cl2N2O2/c1-3-19(21(27)24-4-2)25(14-16-10-6-8-12-18(16)23)20(26)13-15-9-5-7-11-17(15)22/h5-12,19H,3-4,13-14H2,1-2H3,(H,24,27)/t19-/m1/s1. The largest absolute Gasteiger partial charge is 0.355 e. The van der Waals surface area contributed by atoms with Crippen molar-refractivity contribution >= 4 is 35.0 Å². The van der Waals surface area contributed by atoms with Gasteiger partial charge in [-0.05, 0) is 36.6 Å². The highest BCUT2D eigenvalue weighted by atomic mass is 35.5. The van der Waals surface area contributed by atoms with Crippen molar-refractivity contribution in [3.8, 4) is 0 Å². The molecule has 0 unspecified atom stereocenters. The smallest absolute Gasteiger partial charge is 0.242 e. The lowest BCUT2D eigenvalue weighted by Crippen LogP contribution is -2.49. The number of halogens is 2. The minimum absolute atomic E-state index is 0.125. The zero-order chi connectivity index (χ0) is 19.8. The topological polar surface area (TPSA) is 49.4 Å². The molecule has 0 saturated heterocycles. The Kier molecular flexibility index (Phi) is 8.14. The van der Waals surface area contributed by atoms with E-state index in [4.69, 9.17) is 23.2 Å². The molecule has 144 valence electrons. The number of carbonyl (C=O) groups is 2. The highest BCUT2D eigenvalue weighted by Crippen LogP contribution is 2.22. The summed E-state index contributed by atoms with van der Waals surface area (Å²) in [5.41, 5.74) is 1.54. The van der Waals surface area contributed by atoms with Crippen LogP contribution in [0.25, 0.3) is 0 Å². The Bertz CT molecular complexity index is 795. The second kappa shape index (κ2) is 10.3. The molecule has 6 heteroatoms. The van der Waals surface area contributed by atoms with Crippen LogP contribution in [0.5, 0.6) is 0 Å². The van der Waals surface area contributed by atoms with E-state index >= 15 is 0 Å². The SMILES string of the molecule is CCNC(=O)[C@@H](CC)N(Cc1ccccc1Cl)C(=O)Cc1ccccc1Cl. The fraction of sp³-hybridized carbons (Fsp3) is 0.333. The third-order valence-corrected chi connectivity index (χ3v) is 5.07. The highest BCUT2D eigenvalue weighted by molar-refractivity contribution is 6.31. The van der Waals surface area contributed by atoms with E-state index in [1.807, 2.05) is 50.2 Å². The molecule has 2 aromatic rings. The van der Waals surface area contributed by atoms with Crippen molar-refractivity contribution in [2.75, 3.05) is 6.54 Å². The lowest BCUT2D eigenvalue weighted by molar-refractivity contribution is -0.140. The normalized spacial score (nSPS) is 11.7. The minimum atomic E-state index is -0.573. The maximum absolute atomic E-state index is 13.1. The minimum Gasteiger partial charge on any atom is -0.355 e. The number of hydrogen-bond acceptors (Lipinski definition) is 2. The molecule has 0 aliphatic heterocycles. The van der Waals surface area contributed by atoms with Crippen molar-refractivity contribution in [3.05, 3.63) is 69.7 Å². The van der Waals surface area contributed by atoms with Crippen LogP contribution >= 0.6 is 23.2 Å². The van der Waals surface area contributed by atoms with E-state index in [0.717, 1.165) is 11.1 Å². The Balaban J connectivity index is 2.32. The Hall–Kier alpha value is -2.04. The monoisotopic (exact) mass is 406 g/mol. The second-order valence-corrected chi connectivity index (χ2v) is 7.01. The number of benzene rings is 2. The highest BCUT2D eigenvalue weighted by Gasteiger charge is 2.29. The van der Waals surface area contributed by atoms with Gasteiger partial charge >= 0.3 is 0 Å². The first-order chi connectivity index (χ1) is 13.0. The van der Waals surface area contributed by atoms with Gasteiger partial charge in [0.25, 0.3) is 0 Å². The molecule has 27 heavy (non-hydrogen) atoms. The van der Waals surface area contributed by atoms with Gasteiger partial charge in [0, 0.05) is 23.1 Å². The van der Waals surface area contributed by atoms with E-state index in [9.17, 15) is 9.59 Å². The van der Waals surface area contributed by atoms with Crippen molar-refractivity contribution < 1.29 is 9.59 Å². The van der Waals surface area contributed by atoms with E-state index in [2.05, 4.69) is 5.32 Å². The number of carbonyl (C=O) groups excluding carboxylic acids is 2. The Morgan fingerprint density at radius 3 is 2.04 bits per heavy atom. The maximum Gasteiger partial charge on any atom is 0.242 e. The van der Waals surface area contributed by atoms with E-state index in [0.29, 0.717) is 23.0 Å². The molecule has 2 amide bonds. The summed E-state index contributed by atoms with van der Waals surface area (Å²) in [6, 6.07) is 14.0. The lowest BCUT2D eigenvalue weighted by Gasteiger charge is -2.31. The van der Waals surface area contributed by atoms with Gasteiger partial charge < -0.3 is 10.2 Å².